The number of hydrogen-bond acceptors (Lipinski definition) is 5. The third-order valence-corrected chi connectivity index (χ3v) is 11.3. The molecule has 1 aliphatic rings. The molecular formula is C45H28N4OS. The van der Waals surface area contributed by atoms with Crippen LogP contribution in [-0.2, 0) is 0 Å². The highest BCUT2D eigenvalue weighted by Gasteiger charge is 2.24. The Morgan fingerprint density at radius 1 is 0.529 bits per heavy atom. The smallest absolute Gasteiger partial charge is 0.211 e. The number of nitrogens with zero attached hydrogens (tertiary/aromatic N) is 3. The molecule has 0 spiro atoms. The van der Waals surface area contributed by atoms with E-state index in [9.17, 15) is 0 Å². The molecule has 6 heteroatoms. The Bertz CT molecular complexity index is 3000. The molecule has 4 heterocycles. The van der Waals surface area contributed by atoms with Gasteiger partial charge < -0.3 is 9.73 Å². The minimum atomic E-state index is -0.453. The Morgan fingerprint density at radius 3 is 1.94 bits per heavy atom. The maximum atomic E-state index is 6.42. The lowest BCUT2D eigenvalue weighted by Gasteiger charge is -2.23. The zero-order valence-corrected chi connectivity index (χ0v) is 28.1. The van der Waals surface area contributed by atoms with Gasteiger partial charge in [-0.2, -0.15) is 0 Å². The maximum absolute atomic E-state index is 6.42. The number of fused-ring (bicyclic) bond motifs is 10. The van der Waals surface area contributed by atoms with Gasteiger partial charge in [-0.15, -0.1) is 11.3 Å². The van der Waals surface area contributed by atoms with Crippen LogP contribution < -0.4 is 5.32 Å². The van der Waals surface area contributed by atoms with Crippen LogP contribution in [0.15, 0.2) is 172 Å². The molecule has 0 radical (unpaired) electrons. The lowest BCUT2D eigenvalue weighted by atomic mass is 10.0. The van der Waals surface area contributed by atoms with E-state index in [4.69, 9.17) is 14.4 Å². The van der Waals surface area contributed by atoms with Gasteiger partial charge in [0.2, 0.25) is 5.96 Å². The van der Waals surface area contributed by atoms with Crippen LogP contribution in [0.25, 0.3) is 75.0 Å². The number of furan rings is 1. The zero-order chi connectivity index (χ0) is 33.5. The van der Waals surface area contributed by atoms with Crippen LogP contribution in [0, 0.1) is 0 Å². The quantitative estimate of drug-likeness (QED) is 0.203. The lowest BCUT2D eigenvalue weighted by Crippen LogP contribution is -2.39. The fourth-order valence-corrected chi connectivity index (χ4v) is 8.88. The van der Waals surface area contributed by atoms with Gasteiger partial charge in [-0.25, -0.2) is 9.98 Å². The number of benzene rings is 7. The topological polar surface area (TPSA) is 54.8 Å². The van der Waals surface area contributed by atoms with Gasteiger partial charge in [0.1, 0.15) is 11.4 Å². The van der Waals surface area contributed by atoms with Crippen LogP contribution in [0.1, 0.15) is 17.3 Å². The van der Waals surface area contributed by atoms with Gasteiger partial charge in [0.05, 0.1) is 15.7 Å². The molecule has 240 valence electrons. The minimum absolute atomic E-state index is 0.453. The Kier molecular flexibility index (Phi) is 6.12. The SMILES string of the molecule is c1ccc(-c2ccc(C3=NC(c4ccc5c(c4)sc4c5ccc5c6ccccc6oc54)N=C(n4c5ccccc5c5ccccc54)N3)cc2)cc1. The predicted molar refractivity (Wildman–Crippen MR) is 213 cm³/mol. The van der Waals surface area contributed by atoms with E-state index in [0.29, 0.717) is 0 Å². The molecule has 0 fully saturated rings. The molecule has 51 heavy (non-hydrogen) atoms. The Labute approximate surface area is 296 Å². The first-order chi connectivity index (χ1) is 25.3. The third kappa shape index (κ3) is 4.40. The fraction of sp³-hybridized carbons (Fsp3) is 0.0222. The Balaban J connectivity index is 1.08. The number of thiophene rings is 1. The van der Waals surface area contributed by atoms with E-state index in [2.05, 4.69) is 149 Å². The first kappa shape index (κ1) is 28.3. The monoisotopic (exact) mass is 672 g/mol. The van der Waals surface area contributed by atoms with Crippen LogP contribution in [-0.4, -0.2) is 16.4 Å². The van der Waals surface area contributed by atoms with E-state index in [1.807, 2.05) is 18.2 Å². The van der Waals surface area contributed by atoms with Crippen molar-refractivity contribution >= 4 is 87.0 Å². The summed E-state index contributed by atoms with van der Waals surface area (Å²) in [4.78, 5) is 10.6. The summed E-state index contributed by atoms with van der Waals surface area (Å²) in [6.45, 7) is 0. The molecule has 0 aliphatic carbocycles. The normalized spacial score (nSPS) is 14.9. The van der Waals surface area contributed by atoms with Crippen molar-refractivity contribution in [3.63, 3.8) is 0 Å². The van der Waals surface area contributed by atoms with E-state index in [0.717, 1.165) is 61.5 Å². The van der Waals surface area contributed by atoms with Crippen molar-refractivity contribution in [2.75, 3.05) is 0 Å². The van der Waals surface area contributed by atoms with Gasteiger partial charge in [0.25, 0.3) is 0 Å². The van der Waals surface area contributed by atoms with Crippen molar-refractivity contribution in [2.45, 2.75) is 6.17 Å². The van der Waals surface area contributed by atoms with Crippen LogP contribution in [0.2, 0.25) is 0 Å². The number of hydrogen-bond donors (Lipinski definition) is 1. The average molecular weight is 673 g/mol. The number of amidine groups is 1. The standard InChI is InChI=1S/C45H28N4OS/c1-2-10-27(11-3-1)28-18-20-29(21-19-28)43-46-44(48-45(47-43)49-37-15-7-4-12-31(37)32-13-5-8-16-38(32)49)30-22-23-34-36-25-24-35-33-14-6-9-17-39(33)50-41(35)42(36)51-40(34)26-30/h1-26,44H,(H,46,47,48). The summed E-state index contributed by atoms with van der Waals surface area (Å²) in [7, 11) is 0. The van der Waals surface area contributed by atoms with Gasteiger partial charge in [-0.1, -0.05) is 127 Å². The molecule has 1 aliphatic heterocycles. The molecule has 0 bridgehead atoms. The van der Waals surface area contributed by atoms with Gasteiger partial charge in [-0.3, -0.25) is 4.57 Å². The molecule has 11 rings (SSSR count). The molecule has 0 amide bonds. The second kappa shape index (κ2) is 11.0. The van der Waals surface area contributed by atoms with Crippen LogP contribution >= 0.6 is 11.3 Å². The van der Waals surface area contributed by atoms with E-state index in [-0.39, 0.29) is 0 Å². The summed E-state index contributed by atoms with van der Waals surface area (Å²) in [5.41, 5.74) is 8.44. The van der Waals surface area contributed by atoms with Crippen molar-refractivity contribution < 1.29 is 4.42 Å². The number of aromatic nitrogens is 1. The van der Waals surface area contributed by atoms with E-state index in [1.54, 1.807) is 11.3 Å². The summed E-state index contributed by atoms with van der Waals surface area (Å²) in [5, 5.41) is 10.7. The first-order valence-electron chi connectivity index (χ1n) is 17.1. The third-order valence-electron chi connectivity index (χ3n) is 10.1. The summed E-state index contributed by atoms with van der Waals surface area (Å²) in [6, 6.07) is 55.5. The van der Waals surface area contributed by atoms with Crippen LogP contribution in [0.4, 0.5) is 0 Å². The second-order valence-electron chi connectivity index (χ2n) is 13.0. The molecule has 1 unspecified atom stereocenters. The zero-order valence-electron chi connectivity index (χ0n) is 27.2. The summed E-state index contributed by atoms with van der Waals surface area (Å²) < 4.78 is 11.0. The summed E-state index contributed by atoms with van der Waals surface area (Å²) in [6.07, 6.45) is -0.453. The highest BCUT2D eigenvalue weighted by atomic mass is 32.1. The Hall–Kier alpha value is -6.50. The highest BCUT2D eigenvalue weighted by Crippen LogP contribution is 2.43. The first-order valence-corrected chi connectivity index (χ1v) is 17.9. The molecule has 10 aromatic rings. The van der Waals surface area contributed by atoms with Gasteiger partial charge in [0.15, 0.2) is 11.7 Å². The van der Waals surface area contributed by atoms with E-state index >= 15 is 0 Å². The molecular weight excluding hydrogens is 645 g/mol. The summed E-state index contributed by atoms with van der Waals surface area (Å²) in [5.74, 6) is 1.53. The van der Waals surface area contributed by atoms with Crippen molar-refractivity contribution in [2.24, 2.45) is 9.98 Å². The van der Waals surface area contributed by atoms with Gasteiger partial charge in [-0.05, 0) is 47.0 Å². The maximum Gasteiger partial charge on any atom is 0.211 e. The second-order valence-corrected chi connectivity index (χ2v) is 14.1. The molecule has 1 N–H and O–H groups in total. The number of aliphatic imine (C=N–C) groups is 2. The molecule has 3 aromatic heterocycles. The van der Waals surface area contributed by atoms with Gasteiger partial charge in [0, 0.05) is 42.6 Å². The van der Waals surface area contributed by atoms with Crippen LogP contribution in [0.3, 0.4) is 0 Å². The number of nitrogens with one attached hydrogen (secondary N) is 1. The fourth-order valence-electron chi connectivity index (χ4n) is 7.64. The predicted octanol–water partition coefficient (Wildman–Crippen LogP) is 11.7. The molecule has 7 aromatic carbocycles. The van der Waals surface area contributed by atoms with E-state index < -0.39 is 6.17 Å². The van der Waals surface area contributed by atoms with Crippen molar-refractivity contribution in [1.82, 2.24) is 9.88 Å². The largest absolute Gasteiger partial charge is 0.455 e. The molecule has 5 nitrogen and oxygen atoms in total. The average Bonchev–Trinajstić information content (AvgIpc) is 3.87. The minimum Gasteiger partial charge on any atom is -0.455 e. The van der Waals surface area contributed by atoms with Crippen molar-refractivity contribution in [3.05, 3.63) is 169 Å². The lowest BCUT2D eigenvalue weighted by molar-refractivity contribution is 0.673. The summed E-state index contributed by atoms with van der Waals surface area (Å²) >= 11 is 1.77. The van der Waals surface area contributed by atoms with E-state index in [1.165, 1.54) is 36.5 Å². The Morgan fingerprint density at radius 2 is 1.16 bits per heavy atom. The molecule has 1 atom stereocenters. The molecule has 0 saturated heterocycles. The number of rotatable bonds is 3. The molecule has 0 saturated carbocycles. The van der Waals surface area contributed by atoms with Crippen molar-refractivity contribution in [3.8, 4) is 11.1 Å². The van der Waals surface area contributed by atoms with Crippen molar-refractivity contribution in [1.29, 1.82) is 0 Å². The van der Waals surface area contributed by atoms with Crippen LogP contribution in [0.5, 0.6) is 0 Å². The number of para-hydroxylation sites is 3. The van der Waals surface area contributed by atoms with Gasteiger partial charge >= 0.3 is 0 Å². The highest BCUT2D eigenvalue weighted by molar-refractivity contribution is 7.26.